The largest absolute Gasteiger partial charge is 0.504 e. The zero-order valence-electron chi connectivity index (χ0n) is 6.07. The van der Waals surface area contributed by atoms with Gasteiger partial charge in [-0.2, -0.15) is 0 Å². The molecule has 0 aliphatic carbocycles. The molecule has 1 aromatic heterocycles. The molecule has 0 aliphatic heterocycles. The van der Waals surface area contributed by atoms with Crippen molar-refractivity contribution in [2.75, 3.05) is 0 Å². The molecule has 4 nitrogen and oxygen atoms in total. The number of aromatic hydroxyl groups is 3. The normalized spacial score (nSPS) is 10.7. The van der Waals surface area contributed by atoms with Gasteiger partial charge in [-0.3, -0.25) is 0 Å². The maximum absolute atomic E-state index is 9.28. The molecule has 1 aromatic carbocycles. The van der Waals surface area contributed by atoms with Crippen molar-refractivity contribution in [3.63, 3.8) is 0 Å². The fourth-order valence-electron chi connectivity index (χ4n) is 1.16. The molecule has 0 unspecified atom stereocenters. The molecule has 0 aliphatic rings. The van der Waals surface area contributed by atoms with Crippen LogP contribution in [0.5, 0.6) is 17.4 Å². The SMILES string of the molecule is Oc1cc2ccc(O)c(O)c2[nH]1. The van der Waals surface area contributed by atoms with Crippen LogP contribution in [0, 0.1) is 0 Å². The summed E-state index contributed by atoms with van der Waals surface area (Å²) in [6.07, 6.45) is 0. The molecule has 62 valence electrons. The van der Waals surface area contributed by atoms with E-state index in [0.717, 1.165) is 0 Å². The monoisotopic (exact) mass is 165 g/mol. The van der Waals surface area contributed by atoms with Gasteiger partial charge in [0.25, 0.3) is 0 Å². The van der Waals surface area contributed by atoms with Crippen LogP contribution in [-0.4, -0.2) is 20.3 Å². The van der Waals surface area contributed by atoms with Gasteiger partial charge in [-0.15, -0.1) is 0 Å². The summed E-state index contributed by atoms with van der Waals surface area (Å²) in [4.78, 5) is 2.51. The Morgan fingerprint density at radius 1 is 1.08 bits per heavy atom. The third-order valence-electron chi connectivity index (χ3n) is 1.73. The van der Waals surface area contributed by atoms with E-state index in [1.54, 1.807) is 6.07 Å². The summed E-state index contributed by atoms with van der Waals surface area (Å²) in [6.45, 7) is 0. The summed E-state index contributed by atoms with van der Waals surface area (Å²) in [7, 11) is 0. The second kappa shape index (κ2) is 2.07. The minimum absolute atomic E-state index is 0.0362. The molecule has 12 heavy (non-hydrogen) atoms. The maximum atomic E-state index is 9.28. The Labute approximate surface area is 67.7 Å². The zero-order valence-corrected chi connectivity index (χ0v) is 6.07. The van der Waals surface area contributed by atoms with Crippen molar-refractivity contribution < 1.29 is 15.3 Å². The minimum Gasteiger partial charge on any atom is -0.504 e. The molecule has 0 bridgehead atoms. The van der Waals surface area contributed by atoms with Gasteiger partial charge >= 0.3 is 0 Å². The summed E-state index contributed by atoms with van der Waals surface area (Å²) in [5.41, 5.74) is 0.340. The number of hydrogen-bond donors (Lipinski definition) is 4. The van der Waals surface area contributed by atoms with Crippen LogP contribution in [-0.2, 0) is 0 Å². The smallest absolute Gasteiger partial charge is 0.189 e. The van der Waals surface area contributed by atoms with E-state index in [1.165, 1.54) is 12.1 Å². The number of rotatable bonds is 0. The van der Waals surface area contributed by atoms with Gasteiger partial charge in [0.2, 0.25) is 0 Å². The first kappa shape index (κ1) is 6.84. The van der Waals surface area contributed by atoms with E-state index in [4.69, 9.17) is 10.2 Å². The van der Waals surface area contributed by atoms with E-state index in [0.29, 0.717) is 10.9 Å². The number of aromatic nitrogens is 1. The number of H-pyrrole nitrogens is 1. The van der Waals surface area contributed by atoms with Crippen LogP contribution in [0.25, 0.3) is 10.9 Å². The lowest BCUT2D eigenvalue weighted by Crippen LogP contribution is -1.71. The van der Waals surface area contributed by atoms with Crippen molar-refractivity contribution in [2.24, 2.45) is 0 Å². The molecule has 0 atom stereocenters. The molecule has 0 amide bonds. The molecular weight excluding hydrogens is 158 g/mol. The van der Waals surface area contributed by atoms with Gasteiger partial charge in [0.15, 0.2) is 17.4 Å². The molecule has 0 radical (unpaired) electrons. The number of aromatic amines is 1. The standard InChI is InChI=1S/C8H7NO3/c10-5-2-1-4-3-6(11)9-7(4)8(5)12/h1-3,9-12H. The number of benzene rings is 1. The Bertz CT molecular complexity index is 433. The third-order valence-corrected chi connectivity index (χ3v) is 1.73. The fourth-order valence-corrected chi connectivity index (χ4v) is 1.16. The van der Waals surface area contributed by atoms with Crippen molar-refractivity contribution in [1.29, 1.82) is 0 Å². The van der Waals surface area contributed by atoms with Crippen molar-refractivity contribution in [3.8, 4) is 17.4 Å². The number of fused-ring (bicyclic) bond motifs is 1. The van der Waals surface area contributed by atoms with E-state index < -0.39 is 0 Å². The van der Waals surface area contributed by atoms with Crippen LogP contribution < -0.4 is 0 Å². The van der Waals surface area contributed by atoms with Crippen LogP contribution in [0.2, 0.25) is 0 Å². The summed E-state index contributed by atoms with van der Waals surface area (Å²) in [5, 5.41) is 28.0. The van der Waals surface area contributed by atoms with E-state index >= 15 is 0 Å². The lowest BCUT2D eigenvalue weighted by atomic mass is 10.2. The van der Waals surface area contributed by atoms with Gasteiger partial charge < -0.3 is 20.3 Å². The molecule has 4 N–H and O–H groups in total. The van der Waals surface area contributed by atoms with Gasteiger partial charge in [-0.1, -0.05) is 0 Å². The van der Waals surface area contributed by atoms with Crippen LogP contribution >= 0.6 is 0 Å². The highest BCUT2D eigenvalue weighted by atomic mass is 16.3. The number of phenolic OH excluding ortho intramolecular Hbond substituents is 2. The van der Waals surface area contributed by atoms with Crippen molar-refractivity contribution >= 4 is 10.9 Å². The van der Waals surface area contributed by atoms with Crippen LogP contribution in [0.15, 0.2) is 18.2 Å². The molecule has 2 rings (SSSR count). The Kier molecular flexibility index (Phi) is 1.18. The average molecular weight is 165 g/mol. The van der Waals surface area contributed by atoms with E-state index in [-0.39, 0.29) is 17.4 Å². The van der Waals surface area contributed by atoms with Gasteiger partial charge in [0.05, 0.1) is 5.52 Å². The quantitative estimate of drug-likeness (QED) is 0.444. The predicted octanol–water partition coefficient (Wildman–Crippen LogP) is 1.28. The number of nitrogens with one attached hydrogen (secondary N) is 1. The maximum Gasteiger partial charge on any atom is 0.189 e. The van der Waals surface area contributed by atoms with Gasteiger partial charge in [0.1, 0.15) is 0 Å². The number of hydrogen-bond acceptors (Lipinski definition) is 3. The molecule has 0 saturated heterocycles. The topological polar surface area (TPSA) is 76.5 Å². The summed E-state index contributed by atoms with van der Waals surface area (Å²) in [5.74, 6) is -0.483. The van der Waals surface area contributed by atoms with Gasteiger partial charge in [0, 0.05) is 11.5 Å². The lowest BCUT2D eigenvalue weighted by molar-refractivity contribution is 0.407. The number of phenols is 2. The molecule has 0 saturated carbocycles. The fraction of sp³-hybridized carbons (Fsp3) is 0. The van der Waals surface area contributed by atoms with Gasteiger partial charge in [-0.25, -0.2) is 0 Å². The van der Waals surface area contributed by atoms with Crippen LogP contribution in [0.1, 0.15) is 0 Å². The Morgan fingerprint density at radius 2 is 1.83 bits per heavy atom. The van der Waals surface area contributed by atoms with Crippen molar-refractivity contribution in [2.45, 2.75) is 0 Å². The lowest BCUT2D eigenvalue weighted by Gasteiger charge is -1.96. The van der Waals surface area contributed by atoms with Gasteiger partial charge in [-0.05, 0) is 12.1 Å². The Morgan fingerprint density at radius 3 is 2.58 bits per heavy atom. The van der Waals surface area contributed by atoms with Crippen LogP contribution in [0.3, 0.4) is 0 Å². The minimum atomic E-state index is -0.243. The predicted molar refractivity (Wildman–Crippen MR) is 43.3 cm³/mol. The Hall–Kier alpha value is -1.84. The van der Waals surface area contributed by atoms with E-state index in [2.05, 4.69) is 4.98 Å². The molecule has 4 heteroatoms. The molecular formula is C8H7NO3. The highest BCUT2D eigenvalue weighted by Gasteiger charge is 2.07. The van der Waals surface area contributed by atoms with E-state index in [1.807, 2.05) is 0 Å². The highest BCUT2D eigenvalue weighted by Crippen LogP contribution is 2.34. The summed E-state index contributed by atoms with van der Waals surface area (Å²) in [6, 6.07) is 4.43. The third kappa shape index (κ3) is 0.780. The molecule has 0 spiro atoms. The summed E-state index contributed by atoms with van der Waals surface area (Å²) >= 11 is 0. The second-order valence-corrected chi connectivity index (χ2v) is 2.55. The van der Waals surface area contributed by atoms with E-state index in [9.17, 15) is 5.11 Å². The Balaban J connectivity index is 2.89. The first-order valence-corrected chi connectivity index (χ1v) is 3.41. The molecule has 2 aromatic rings. The zero-order chi connectivity index (χ0) is 8.72. The molecule has 1 heterocycles. The summed E-state index contributed by atoms with van der Waals surface area (Å²) < 4.78 is 0. The van der Waals surface area contributed by atoms with Crippen molar-refractivity contribution in [3.05, 3.63) is 18.2 Å². The first-order valence-electron chi connectivity index (χ1n) is 3.41. The first-order chi connectivity index (χ1) is 5.68. The second-order valence-electron chi connectivity index (χ2n) is 2.55. The highest BCUT2D eigenvalue weighted by molar-refractivity contribution is 5.88. The molecule has 0 fully saturated rings. The van der Waals surface area contributed by atoms with Crippen molar-refractivity contribution in [1.82, 2.24) is 4.98 Å². The van der Waals surface area contributed by atoms with Crippen LogP contribution in [0.4, 0.5) is 0 Å². The average Bonchev–Trinajstić information content (AvgIpc) is 2.39.